The molecule has 8 nitrogen and oxygen atoms in total. The van der Waals surface area contributed by atoms with Crippen LogP contribution in [0.2, 0.25) is 0 Å². The molecule has 0 radical (unpaired) electrons. The van der Waals surface area contributed by atoms with Crippen LogP contribution in [0.3, 0.4) is 0 Å². The van der Waals surface area contributed by atoms with E-state index in [1.165, 1.54) is 0 Å². The van der Waals surface area contributed by atoms with E-state index in [4.69, 9.17) is 0 Å². The summed E-state index contributed by atoms with van der Waals surface area (Å²) in [6.45, 7) is 13.1. The van der Waals surface area contributed by atoms with Crippen LogP contribution < -0.4 is 10.6 Å². The van der Waals surface area contributed by atoms with E-state index in [1.807, 2.05) is 13.8 Å². The average Bonchev–Trinajstić information content (AvgIpc) is 3.17. The number of likely N-dealkylation sites (tertiary alicyclic amines) is 1. The Balaban J connectivity index is 2.87. The molecule has 176 valence electrons. The standard InChI is InChI=1S/C23H40N4O4/c1-16(2)19(26(7)20(29)14-24-15-28)13-17(3)22(31)27-12-8-9-18(27)21(30)25-11-10-23(4,5)6/h13,15-16,18-19H,8-12,14H2,1-7H3,(H,24,28)(H,25,30)/b17-13+/t18-,19?/m0/s1. The topological polar surface area (TPSA) is 98.8 Å². The molecular formula is C23H40N4O4. The SMILES string of the molecule is C/C(=C\C(C(C)C)N(C)C(=O)CNC=O)C(=O)N1CCC[C@H]1C(=O)NCCC(C)(C)C. The Labute approximate surface area is 186 Å². The number of likely N-dealkylation sites (N-methyl/N-ethyl adjacent to an activating group) is 1. The van der Waals surface area contributed by atoms with Crippen LogP contribution in [0.15, 0.2) is 11.6 Å². The van der Waals surface area contributed by atoms with E-state index in [2.05, 4.69) is 31.4 Å². The van der Waals surface area contributed by atoms with Gasteiger partial charge in [-0.2, -0.15) is 0 Å². The smallest absolute Gasteiger partial charge is 0.249 e. The number of rotatable bonds is 10. The van der Waals surface area contributed by atoms with E-state index in [9.17, 15) is 19.2 Å². The summed E-state index contributed by atoms with van der Waals surface area (Å²) in [6, 6.07) is -0.754. The van der Waals surface area contributed by atoms with Crippen molar-refractivity contribution in [3.05, 3.63) is 11.6 Å². The van der Waals surface area contributed by atoms with Gasteiger partial charge in [0.15, 0.2) is 0 Å². The van der Waals surface area contributed by atoms with Gasteiger partial charge in [0.2, 0.25) is 24.1 Å². The quantitative estimate of drug-likeness (QED) is 0.402. The molecule has 0 aromatic heterocycles. The zero-order chi connectivity index (χ0) is 23.8. The van der Waals surface area contributed by atoms with Crippen LogP contribution in [0.5, 0.6) is 0 Å². The maximum Gasteiger partial charge on any atom is 0.249 e. The van der Waals surface area contributed by atoms with Gasteiger partial charge in [-0.25, -0.2) is 0 Å². The molecule has 1 unspecified atom stereocenters. The number of nitrogens with one attached hydrogen (secondary N) is 2. The van der Waals surface area contributed by atoms with Gasteiger partial charge in [-0.05, 0) is 37.5 Å². The molecule has 2 N–H and O–H groups in total. The van der Waals surface area contributed by atoms with Crippen LogP contribution in [-0.2, 0) is 19.2 Å². The van der Waals surface area contributed by atoms with Gasteiger partial charge < -0.3 is 20.4 Å². The Bertz CT molecular complexity index is 682. The van der Waals surface area contributed by atoms with Crippen molar-refractivity contribution in [2.75, 3.05) is 26.7 Å². The van der Waals surface area contributed by atoms with E-state index in [1.54, 1.807) is 29.8 Å². The highest BCUT2D eigenvalue weighted by molar-refractivity contribution is 5.97. The highest BCUT2D eigenvalue weighted by Gasteiger charge is 2.35. The molecule has 1 rings (SSSR count). The van der Waals surface area contributed by atoms with E-state index >= 15 is 0 Å². The summed E-state index contributed by atoms with van der Waals surface area (Å²) in [5.41, 5.74) is 0.644. The molecule has 31 heavy (non-hydrogen) atoms. The lowest BCUT2D eigenvalue weighted by atomic mass is 9.92. The molecule has 0 bridgehead atoms. The van der Waals surface area contributed by atoms with Crippen LogP contribution in [0.25, 0.3) is 0 Å². The Morgan fingerprint density at radius 2 is 1.87 bits per heavy atom. The second-order valence-electron chi connectivity index (χ2n) is 9.85. The van der Waals surface area contributed by atoms with Gasteiger partial charge in [-0.1, -0.05) is 40.7 Å². The lowest BCUT2D eigenvalue weighted by molar-refractivity contribution is -0.135. The van der Waals surface area contributed by atoms with Crippen molar-refractivity contribution in [1.82, 2.24) is 20.4 Å². The summed E-state index contributed by atoms with van der Waals surface area (Å²) in [6.07, 6.45) is 4.59. The number of carbonyl (C=O) groups excluding carboxylic acids is 4. The molecule has 0 saturated carbocycles. The van der Waals surface area contributed by atoms with Crippen molar-refractivity contribution >= 4 is 24.1 Å². The molecule has 0 aromatic carbocycles. The van der Waals surface area contributed by atoms with E-state index < -0.39 is 6.04 Å². The second kappa shape index (κ2) is 11.9. The van der Waals surface area contributed by atoms with Crippen LogP contribution in [0, 0.1) is 11.3 Å². The first kappa shape index (κ1) is 26.7. The molecule has 1 aliphatic heterocycles. The van der Waals surface area contributed by atoms with Crippen LogP contribution in [-0.4, -0.2) is 72.7 Å². The van der Waals surface area contributed by atoms with Gasteiger partial charge in [-0.15, -0.1) is 0 Å². The first-order valence-corrected chi connectivity index (χ1v) is 11.1. The number of carbonyl (C=O) groups is 4. The average molecular weight is 437 g/mol. The number of nitrogens with zero attached hydrogens (tertiary/aromatic N) is 2. The van der Waals surface area contributed by atoms with Gasteiger partial charge in [-0.3, -0.25) is 19.2 Å². The first-order chi connectivity index (χ1) is 14.4. The van der Waals surface area contributed by atoms with Crippen molar-refractivity contribution in [3.8, 4) is 0 Å². The minimum absolute atomic E-state index is 0.0722. The Kier molecular flexibility index (Phi) is 10.2. The van der Waals surface area contributed by atoms with E-state index in [0.29, 0.717) is 31.5 Å². The Hall–Kier alpha value is -2.38. The summed E-state index contributed by atoms with van der Waals surface area (Å²) in [7, 11) is 1.66. The van der Waals surface area contributed by atoms with Gasteiger partial charge in [0.05, 0.1) is 12.6 Å². The molecule has 0 spiro atoms. The normalized spacial score (nSPS) is 18.0. The molecular weight excluding hydrogens is 396 g/mol. The molecule has 2 atom stereocenters. The minimum atomic E-state index is -0.454. The zero-order valence-corrected chi connectivity index (χ0v) is 20.2. The summed E-state index contributed by atoms with van der Waals surface area (Å²) in [5, 5.41) is 5.35. The van der Waals surface area contributed by atoms with Crippen molar-refractivity contribution in [3.63, 3.8) is 0 Å². The lowest BCUT2D eigenvalue weighted by Gasteiger charge is -2.30. The van der Waals surface area contributed by atoms with Gasteiger partial charge in [0, 0.05) is 25.7 Å². The van der Waals surface area contributed by atoms with Gasteiger partial charge in [0.25, 0.3) is 0 Å². The monoisotopic (exact) mass is 436 g/mol. The fraction of sp³-hybridized carbons (Fsp3) is 0.739. The molecule has 1 aliphatic rings. The lowest BCUT2D eigenvalue weighted by Crippen LogP contribution is -2.47. The molecule has 1 fully saturated rings. The Morgan fingerprint density at radius 3 is 2.42 bits per heavy atom. The third-order valence-electron chi connectivity index (χ3n) is 5.61. The van der Waals surface area contributed by atoms with Crippen LogP contribution >= 0.6 is 0 Å². The minimum Gasteiger partial charge on any atom is -0.354 e. The Morgan fingerprint density at radius 1 is 1.23 bits per heavy atom. The van der Waals surface area contributed by atoms with Crippen LogP contribution in [0.4, 0.5) is 0 Å². The summed E-state index contributed by atoms with van der Waals surface area (Å²) in [4.78, 5) is 51.8. The van der Waals surface area contributed by atoms with Crippen molar-refractivity contribution in [2.24, 2.45) is 11.3 Å². The number of hydrogen-bond acceptors (Lipinski definition) is 4. The number of amides is 4. The predicted octanol–water partition coefficient (Wildman–Crippen LogP) is 1.71. The largest absolute Gasteiger partial charge is 0.354 e. The maximum absolute atomic E-state index is 13.1. The summed E-state index contributed by atoms with van der Waals surface area (Å²) >= 11 is 0. The predicted molar refractivity (Wildman–Crippen MR) is 121 cm³/mol. The van der Waals surface area contributed by atoms with Gasteiger partial charge >= 0.3 is 0 Å². The fourth-order valence-electron chi connectivity index (χ4n) is 3.69. The van der Waals surface area contributed by atoms with Crippen molar-refractivity contribution < 1.29 is 19.2 Å². The number of hydrogen-bond donors (Lipinski definition) is 2. The molecule has 4 amide bonds. The molecule has 1 heterocycles. The highest BCUT2D eigenvalue weighted by atomic mass is 16.2. The molecule has 0 aromatic rings. The third-order valence-corrected chi connectivity index (χ3v) is 5.61. The van der Waals surface area contributed by atoms with Crippen LogP contribution in [0.1, 0.15) is 60.8 Å². The van der Waals surface area contributed by atoms with E-state index in [0.717, 1.165) is 12.8 Å². The molecule has 8 heteroatoms. The maximum atomic E-state index is 13.1. The van der Waals surface area contributed by atoms with E-state index in [-0.39, 0.29) is 41.6 Å². The van der Waals surface area contributed by atoms with Crippen molar-refractivity contribution in [2.45, 2.75) is 72.9 Å². The fourth-order valence-corrected chi connectivity index (χ4v) is 3.69. The van der Waals surface area contributed by atoms with Gasteiger partial charge in [0.1, 0.15) is 6.04 Å². The summed E-state index contributed by atoms with van der Waals surface area (Å²) in [5.74, 6) is -0.441. The zero-order valence-electron chi connectivity index (χ0n) is 20.2. The first-order valence-electron chi connectivity index (χ1n) is 11.1. The third kappa shape index (κ3) is 8.34. The molecule has 1 saturated heterocycles. The molecule has 0 aliphatic carbocycles. The second-order valence-corrected chi connectivity index (χ2v) is 9.85. The summed E-state index contributed by atoms with van der Waals surface area (Å²) < 4.78 is 0. The highest BCUT2D eigenvalue weighted by Crippen LogP contribution is 2.22. The van der Waals surface area contributed by atoms with Crippen molar-refractivity contribution in [1.29, 1.82) is 0 Å².